The van der Waals surface area contributed by atoms with E-state index >= 15 is 0 Å². The Morgan fingerprint density at radius 3 is 2.70 bits per heavy atom. The van der Waals surface area contributed by atoms with Gasteiger partial charge in [-0.2, -0.15) is 0 Å². The molecule has 5 nitrogen and oxygen atoms in total. The summed E-state index contributed by atoms with van der Waals surface area (Å²) in [7, 11) is 1.55. The third kappa shape index (κ3) is 4.70. The zero-order valence-corrected chi connectivity index (χ0v) is 12.9. The highest BCUT2D eigenvalue weighted by Crippen LogP contribution is 2.24. The van der Waals surface area contributed by atoms with Crippen molar-refractivity contribution in [1.29, 1.82) is 0 Å². The van der Waals surface area contributed by atoms with E-state index in [4.69, 9.17) is 9.84 Å². The summed E-state index contributed by atoms with van der Waals surface area (Å²) in [5, 5.41) is 8.72. The van der Waals surface area contributed by atoms with E-state index in [0.29, 0.717) is 12.3 Å². The van der Waals surface area contributed by atoms with Gasteiger partial charge in [-0.25, -0.2) is 0 Å². The van der Waals surface area contributed by atoms with Crippen molar-refractivity contribution >= 4 is 33.9 Å². The summed E-state index contributed by atoms with van der Waals surface area (Å²) in [6.45, 7) is 1.76. The van der Waals surface area contributed by atoms with E-state index in [2.05, 4.69) is 15.9 Å². The molecule has 0 spiro atoms. The Kier molecular flexibility index (Phi) is 6.24. The zero-order chi connectivity index (χ0) is 15.1. The number of carboxylic acids is 1. The molecule has 0 saturated heterocycles. The number of likely N-dealkylation sites (N-methyl/N-ethyl adjacent to an activating group) is 1. The van der Waals surface area contributed by atoms with Crippen LogP contribution in [0, 0.1) is 0 Å². The van der Waals surface area contributed by atoms with Crippen LogP contribution in [0.25, 0.3) is 6.08 Å². The summed E-state index contributed by atoms with van der Waals surface area (Å²) in [4.78, 5) is 23.8. The second-order valence-electron chi connectivity index (χ2n) is 3.97. The first kappa shape index (κ1) is 16.2. The number of methoxy groups -OCH3 is 1. The molecule has 0 unspecified atom stereocenters. The number of carbonyl (C=O) groups is 2. The number of rotatable bonds is 6. The Bertz CT molecular complexity index is 528. The van der Waals surface area contributed by atoms with Crippen LogP contribution >= 0.6 is 15.9 Å². The summed E-state index contributed by atoms with van der Waals surface area (Å²) in [5.41, 5.74) is 0.738. The first-order chi connectivity index (χ1) is 9.47. The Balaban J connectivity index is 2.88. The molecule has 0 aliphatic rings. The molecule has 0 heterocycles. The van der Waals surface area contributed by atoms with E-state index < -0.39 is 5.97 Å². The first-order valence-corrected chi connectivity index (χ1v) is 6.79. The minimum Gasteiger partial charge on any atom is -0.496 e. The number of hydrogen-bond acceptors (Lipinski definition) is 3. The number of amides is 1. The molecule has 0 aromatic heterocycles. The molecule has 1 rings (SSSR count). The van der Waals surface area contributed by atoms with E-state index in [9.17, 15) is 9.59 Å². The molecular formula is C14H16BrNO4. The third-order valence-electron chi connectivity index (χ3n) is 2.62. The molecule has 1 amide bonds. The summed E-state index contributed by atoms with van der Waals surface area (Å²) in [6, 6.07) is 5.43. The molecule has 0 bridgehead atoms. The molecule has 0 radical (unpaired) electrons. The molecule has 0 aliphatic heterocycles. The number of ether oxygens (including phenoxy) is 1. The third-order valence-corrected chi connectivity index (χ3v) is 3.11. The Morgan fingerprint density at radius 1 is 1.45 bits per heavy atom. The van der Waals surface area contributed by atoms with Crippen LogP contribution in [0.4, 0.5) is 0 Å². The van der Waals surface area contributed by atoms with Crippen molar-refractivity contribution in [3.63, 3.8) is 0 Å². The van der Waals surface area contributed by atoms with Crippen LogP contribution in [0.1, 0.15) is 12.5 Å². The van der Waals surface area contributed by atoms with Crippen molar-refractivity contribution in [3.8, 4) is 5.75 Å². The molecule has 1 aromatic rings. The first-order valence-electron chi connectivity index (χ1n) is 6.00. The second-order valence-corrected chi connectivity index (χ2v) is 4.88. The van der Waals surface area contributed by atoms with Gasteiger partial charge in [0.2, 0.25) is 5.91 Å². The number of carbonyl (C=O) groups excluding carboxylic acids is 1. The summed E-state index contributed by atoms with van der Waals surface area (Å²) < 4.78 is 6.06. The number of aliphatic carboxylic acids is 1. The molecule has 20 heavy (non-hydrogen) atoms. The lowest BCUT2D eigenvalue weighted by Gasteiger charge is -2.16. The second kappa shape index (κ2) is 7.69. The molecule has 108 valence electrons. The molecule has 0 aliphatic carbocycles. The number of benzene rings is 1. The zero-order valence-electron chi connectivity index (χ0n) is 11.3. The van der Waals surface area contributed by atoms with Crippen molar-refractivity contribution < 1.29 is 19.4 Å². The largest absolute Gasteiger partial charge is 0.496 e. The fourth-order valence-electron chi connectivity index (χ4n) is 1.61. The average Bonchev–Trinajstić information content (AvgIpc) is 2.42. The van der Waals surface area contributed by atoms with E-state index in [-0.39, 0.29) is 12.5 Å². The average molecular weight is 342 g/mol. The normalized spacial score (nSPS) is 10.6. The molecular weight excluding hydrogens is 326 g/mol. The van der Waals surface area contributed by atoms with Gasteiger partial charge in [0.05, 0.1) is 7.11 Å². The van der Waals surface area contributed by atoms with Crippen LogP contribution in [-0.4, -0.2) is 42.1 Å². The van der Waals surface area contributed by atoms with E-state index in [1.807, 2.05) is 12.1 Å². The predicted molar refractivity (Wildman–Crippen MR) is 79.6 cm³/mol. The summed E-state index contributed by atoms with van der Waals surface area (Å²) in [6.07, 6.45) is 2.95. The van der Waals surface area contributed by atoms with Crippen molar-refractivity contribution in [2.24, 2.45) is 0 Å². The van der Waals surface area contributed by atoms with Crippen LogP contribution in [0.15, 0.2) is 28.7 Å². The SMILES string of the molecule is CCN(CC(=O)O)C(=O)/C=C/c1cc(Br)ccc1OC. The minimum absolute atomic E-state index is 0.310. The van der Waals surface area contributed by atoms with Crippen LogP contribution < -0.4 is 4.74 Å². The summed E-state index contributed by atoms with van der Waals surface area (Å²) >= 11 is 3.35. The molecule has 1 aromatic carbocycles. The molecule has 6 heteroatoms. The van der Waals surface area contributed by atoms with Gasteiger partial charge < -0.3 is 14.7 Å². The van der Waals surface area contributed by atoms with Gasteiger partial charge in [-0.15, -0.1) is 0 Å². The lowest BCUT2D eigenvalue weighted by molar-refractivity contribution is -0.142. The molecule has 0 saturated carbocycles. The van der Waals surface area contributed by atoms with Gasteiger partial charge in [0, 0.05) is 22.7 Å². The lowest BCUT2D eigenvalue weighted by Crippen LogP contribution is -2.34. The number of carboxylic acid groups (broad SMARTS) is 1. The number of nitrogens with zero attached hydrogens (tertiary/aromatic N) is 1. The van der Waals surface area contributed by atoms with Crippen molar-refractivity contribution in [2.75, 3.05) is 20.2 Å². The monoisotopic (exact) mass is 341 g/mol. The van der Waals surface area contributed by atoms with Crippen molar-refractivity contribution in [1.82, 2.24) is 4.90 Å². The van der Waals surface area contributed by atoms with Crippen LogP contribution in [-0.2, 0) is 9.59 Å². The maximum absolute atomic E-state index is 11.9. The smallest absolute Gasteiger partial charge is 0.323 e. The molecule has 1 N–H and O–H groups in total. The molecule has 0 fully saturated rings. The highest BCUT2D eigenvalue weighted by Gasteiger charge is 2.12. The van der Waals surface area contributed by atoms with Crippen LogP contribution in [0.3, 0.4) is 0 Å². The Hall–Kier alpha value is -1.82. The Morgan fingerprint density at radius 2 is 2.15 bits per heavy atom. The van der Waals surface area contributed by atoms with Gasteiger partial charge in [0.1, 0.15) is 12.3 Å². The van der Waals surface area contributed by atoms with E-state index in [1.165, 1.54) is 11.0 Å². The standard InChI is InChI=1S/C14H16BrNO4/c1-3-16(9-14(18)19)13(17)7-4-10-8-11(15)5-6-12(10)20-2/h4-8H,3,9H2,1-2H3,(H,18,19)/b7-4+. The topological polar surface area (TPSA) is 66.8 Å². The van der Waals surface area contributed by atoms with Crippen molar-refractivity contribution in [3.05, 3.63) is 34.3 Å². The quantitative estimate of drug-likeness (QED) is 0.807. The fourth-order valence-corrected chi connectivity index (χ4v) is 1.99. The van der Waals surface area contributed by atoms with E-state index in [0.717, 1.165) is 10.0 Å². The molecule has 0 atom stereocenters. The highest BCUT2D eigenvalue weighted by atomic mass is 79.9. The highest BCUT2D eigenvalue weighted by molar-refractivity contribution is 9.10. The van der Waals surface area contributed by atoms with Crippen LogP contribution in [0.2, 0.25) is 0 Å². The van der Waals surface area contributed by atoms with Gasteiger partial charge in [-0.05, 0) is 31.2 Å². The van der Waals surface area contributed by atoms with Crippen LogP contribution in [0.5, 0.6) is 5.75 Å². The van der Waals surface area contributed by atoms with E-state index in [1.54, 1.807) is 26.2 Å². The van der Waals surface area contributed by atoms with Gasteiger partial charge in [0.25, 0.3) is 0 Å². The van der Waals surface area contributed by atoms with Crippen molar-refractivity contribution in [2.45, 2.75) is 6.92 Å². The lowest BCUT2D eigenvalue weighted by atomic mass is 10.2. The minimum atomic E-state index is -1.03. The van der Waals surface area contributed by atoms with Gasteiger partial charge in [-0.1, -0.05) is 15.9 Å². The number of halogens is 1. The van der Waals surface area contributed by atoms with Gasteiger partial charge in [0.15, 0.2) is 0 Å². The fraction of sp³-hybridized carbons (Fsp3) is 0.286. The number of hydrogen-bond donors (Lipinski definition) is 1. The van der Waals surface area contributed by atoms with Gasteiger partial charge in [-0.3, -0.25) is 9.59 Å². The predicted octanol–water partition coefficient (Wildman–Crippen LogP) is 2.40. The Labute approximate surface area is 126 Å². The maximum atomic E-state index is 11.9. The summed E-state index contributed by atoms with van der Waals surface area (Å²) in [5.74, 6) is -0.746. The van der Waals surface area contributed by atoms with Gasteiger partial charge >= 0.3 is 5.97 Å². The maximum Gasteiger partial charge on any atom is 0.323 e.